The average Bonchev–Trinajstić information content (AvgIpc) is 2.32. The highest BCUT2D eigenvalue weighted by molar-refractivity contribution is 6.31. The Labute approximate surface area is 115 Å². The molecule has 0 fully saturated rings. The lowest BCUT2D eigenvalue weighted by Crippen LogP contribution is -2.52. The molecule has 0 bridgehead atoms. The fourth-order valence-electron chi connectivity index (χ4n) is 1.68. The third-order valence-electron chi connectivity index (χ3n) is 2.79. The van der Waals surface area contributed by atoms with Gasteiger partial charge in [0.1, 0.15) is 11.4 Å². The summed E-state index contributed by atoms with van der Waals surface area (Å²) in [5.74, 6) is -2.34. The Morgan fingerprint density at radius 1 is 1.47 bits per heavy atom. The highest BCUT2D eigenvalue weighted by Crippen LogP contribution is 2.18. The van der Waals surface area contributed by atoms with Gasteiger partial charge >= 0.3 is 5.97 Å². The summed E-state index contributed by atoms with van der Waals surface area (Å²) in [6.45, 7) is 3.25. The predicted molar refractivity (Wildman–Crippen MR) is 69.8 cm³/mol. The monoisotopic (exact) mass is 287 g/mol. The second-order valence-corrected chi connectivity index (χ2v) is 4.88. The van der Waals surface area contributed by atoms with E-state index in [2.05, 4.69) is 5.32 Å². The smallest absolute Gasteiger partial charge is 0.329 e. The number of hydrogen-bond donors (Lipinski definition) is 2. The molecule has 0 aromatic heterocycles. The molecule has 104 valence electrons. The van der Waals surface area contributed by atoms with Crippen LogP contribution in [0.5, 0.6) is 0 Å². The molecule has 1 aromatic rings. The van der Waals surface area contributed by atoms with E-state index in [0.717, 1.165) is 6.07 Å². The quantitative estimate of drug-likeness (QED) is 0.875. The van der Waals surface area contributed by atoms with Crippen molar-refractivity contribution in [3.05, 3.63) is 34.6 Å². The SMILES string of the molecule is CCCC(C)(NC(=O)c1ccc(F)c(Cl)c1)C(=O)O. The Morgan fingerprint density at radius 3 is 2.58 bits per heavy atom. The van der Waals surface area contributed by atoms with Crippen molar-refractivity contribution in [2.24, 2.45) is 0 Å². The van der Waals surface area contributed by atoms with Gasteiger partial charge in [0.2, 0.25) is 0 Å². The van der Waals surface area contributed by atoms with E-state index in [9.17, 15) is 14.0 Å². The molecular weight excluding hydrogens is 273 g/mol. The zero-order valence-electron chi connectivity index (χ0n) is 10.7. The van der Waals surface area contributed by atoms with Gasteiger partial charge in [0.05, 0.1) is 5.02 Å². The molecule has 1 aromatic carbocycles. The maximum absolute atomic E-state index is 13.0. The van der Waals surface area contributed by atoms with E-state index in [4.69, 9.17) is 16.7 Å². The van der Waals surface area contributed by atoms with Gasteiger partial charge in [-0.3, -0.25) is 4.79 Å². The standard InChI is InChI=1S/C13H15ClFNO3/c1-3-6-13(2,12(18)19)16-11(17)8-4-5-10(15)9(14)7-8/h4-5,7H,3,6H2,1-2H3,(H,16,17)(H,18,19). The summed E-state index contributed by atoms with van der Waals surface area (Å²) in [5, 5.41) is 11.4. The average molecular weight is 288 g/mol. The Kier molecular flexibility index (Phi) is 4.89. The van der Waals surface area contributed by atoms with Crippen LogP contribution in [-0.4, -0.2) is 22.5 Å². The molecule has 0 saturated carbocycles. The first-order valence-electron chi connectivity index (χ1n) is 5.81. The number of carbonyl (C=O) groups is 2. The van der Waals surface area contributed by atoms with Crippen molar-refractivity contribution in [1.29, 1.82) is 0 Å². The maximum Gasteiger partial charge on any atom is 0.329 e. The van der Waals surface area contributed by atoms with Gasteiger partial charge in [-0.1, -0.05) is 24.9 Å². The van der Waals surface area contributed by atoms with Crippen molar-refractivity contribution in [3.63, 3.8) is 0 Å². The van der Waals surface area contributed by atoms with Crippen LogP contribution in [0.3, 0.4) is 0 Å². The summed E-state index contributed by atoms with van der Waals surface area (Å²) in [4.78, 5) is 23.1. The number of carboxylic acids is 1. The zero-order valence-corrected chi connectivity index (χ0v) is 11.4. The van der Waals surface area contributed by atoms with Crippen molar-refractivity contribution < 1.29 is 19.1 Å². The van der Waals surface area contributed by atoms with Crippen LogP contribution in [0.4, 0.5) is 4.39 Å². The molecule has 1 atom stereocenters. The van der Waals surface area contributed by atoms with Crippen LogP contribution in [0.1, 0.15) is 37.0 Å². The van der Waals surface area contributed by atoms with Crippen LogP contribution in [-0.2, 0) is 4.79 Å². The molecule has 1 unspecified atom stereocenters. The first kappa shape index (κ1) is 15.4. The Hall–Kier alpha value is -1.62. The fourth-order valence-corrected chi connectivity index (χ4v) is 1.86. The van der Waals surface area contributed by atoms with Gasteiger partial charge in [-0.15, -0.1) is 0 Å². The van der Waals surface area contributed by atoms with E-state index >= 15 is 0 Å². The van der Waals surface area contributed by atoms with Gasteiger partial charge in [-0.2, -0.15) is 0 Å². The lowest BCUT2D eigenvalue weighted by molar-refractivity contribution is -0.144. The normalized spacial score (nSPS) is 13.7. The van der Waals surface area contributed by atoms with Crippen molar-refractivity contribution in [2.45, 2.75) is 32.2 Å². The maximum atomic E-state index is 13.0. The number of carbonyl (C=O) groups excluding carboxylic acids is 1. The third kappa shape index (κ3) is 3.67. The zero-order chi connectivity index (χ0) is 14.6. The molecule has 1 amide bonds. The molecular formula is C13H15ClFNO3. The van der Waals surface area contributed by atoms with Gasteiger partial charge < -0.3 is 10.4 Å². The Morgan fingerprint density at radius 2 is 2.11 bits per heavy atom. The Bertz CT molecular complexity index is 507. The van der Waals surface area contributed by atoms with E-state index in [1.54, 1.807) is 0 Å². The lowest BCUT2D eigenvalue weighted by Gasteiger charge is -2.25. The number of benzene rings is 1. The lowest BCUT2D eigenvalue weighted by atomic mass is 9.96. The molecule has 0 aliphatic carbocycles. The minimum Gasteiger partial charge on any atom is -0.480 e. The first-order chi connectivity index (χ1) is 8.80. The Balaban J connectivity index is 2.94. The minimum atomic E-state index is -1.35. The van der Waals surface area contributed by atoms with Crippen LogP contribution < -0.4 is 5.32 Å². The van der Waals surface area contributed by atoms with E-state index in [1.165, 1.54) is 19.1 Å². The van der Waals surface area contributed by atoms with E-state index < -0.39 is 23.2 Å². The highest BCUT2D eigenvalue weighted by Gasteiger charge is 2.34. The van der Waals surface area contributed by atoms with Gasteiger partial charge in [0, 0.05) is 5.56 Å². The summed E-state index contributed by atoms with van der Waals surface area (Å²) in [6.07, 6.45) is 0.899. The number of hydrogen-bond acceptors (Lipinski definition) is 2. The number of amides is 1. The predicted octanol–water partition coefficient (Wildman–Crippen LogP) is 2.85. The highest BCUT2D eigenvalue weighted by atomic mass is 35.5. The number of rotatable bonds is 5. The van der Waals surface area contributed by atoms with Gasteiger partial charge in [0.25, 0.3) is 5.91 Å². The molecule has 0 saturated heterocycles. The van der Waals surface area contributed by atoms with Crippen LogP contribution in [0.25, 0.3) is 0 Å². The van der Waals surface area contributed by atoms with E-state index in [1.807, 2.05) is 6.92 Å². The molecule has 6 heteroatoms. The topological polar surface area (TPSA) is 66.4 Å². The summed E-state index contributed by atoms with van der Waals surface area (Å²) >= 11 is 5.58. The summed E-state index contributed by atoms with van der Waals surface area (Å²) < 4.78 is 13.0. The molecule has 1 rings (SSSR count). The van der Waals surface area contributed by atoms with Crippen molar-refractivity contribution in [2.75, 3.05) is 0 Å². The van der Waals surface area contributed by atoms with E-state index in [0.29, 0.717) is 12.8 Å². The molecule has 0 aliphatic rings. The molecule has 4 nitrogen and oxygen atoms in total. The first-order valence-corrected chi connectivity index (χ1v) is 6.19. The van der Waals surface area contributed by atoms with E-state index in [-0.39, 0.29) is 10.6 Å². The molecule has 19 heavy (non-hydrogen) atoms. The largest absolute Gasteiger partial charge is 0.480 e. The van der Waals surface area contributed by atoms with Crippen molar-refractivity contribution >= 4 is 23.5 Å². The third-order valence-corrected chi connectivity index (χ3v) is 3.08. The molecule has 0 spiro atoms. The number of carboxylic acid groups (broad SMARTS) is 1. The second kappa shape index (κ2) is 6.02. The molecule has 2 N–H and O–H groups in total. The molecule has 0 aliphatic heterocycles. The van der Waals surface area contributed by atoms with Crippen molar-refractivity contribution in [1.82, 2.24) is 5.32 Å². The summed E-state index contributed by atoms with van der Waals surface area (Å²) in [5.41, 5.74) is -1.23. The molecule has 0 heterocycles. The second-order valence-electron chi connectivity index (χ2n) is 4.47. The molecule has 0 radical (unpaired) electrons. The number of nitrogens with one attached hydrogen (secondary N) is 1. The summed E-state index contributed by atoms with van der Waals surface area (Å²) in [7, 11) is 0. The minimum absolute atomic E-state index is 0.120. The van der Waals surface area contributed by atoms with Crippen LogP contribution in [0.15, 0.2) is 18.2 Å². The van der Waals surface area contributed by atoms with Gasteiger partial charge in [-0.25, -0.2) is 9.18 Å². The van der Waals surface area contributed by atoms with Crippen molar-refractivity contribution in [3.8, 4) is 0 Å². The van der Waals surface area contributed by atoms with Crippen LogP contribution >= 0.6 is 11.6 Å². The van der Waals surface area contributed by atoms with Gasteiger partial charge in [0.15, 0.2) is 0 Å². The summed E-state index contributed by atoms with van der Waals surface area (Å²) in [6, 6.07) is 3.49. The number of halogens is 2. The number of aliphatic carboxylic acids is 1. The van der Waals surface area contributed by atoms with Crippen LogP contribution in [0.2, 0.25) is 5.02 Å². The fraction of sp³-hybridized carbons (Fsp3) is 0.385. The van der Waals surface area contributed by atoms with Gasteiger partial charge in [-0.05, 0) is 31.5 Å². The van der Waals surface area contributed by atoms with Crippen LogP contribution in [0, 0.1) is 5.82 Å².